The van der Waals surface area contributed by atoms with Gasteiger partial charge >= 0.3 is 12.3 Å². The van der Waals surface area contributed by atoms with Crippen LogP contribution in [0.1, 0.15) is 10.4 Å². The van der Waals surface area contributed by atoms with Crippen LogP contribution in [-0.4, -0.2) is 12.3 Å². The van der Waals surface area contributed by atoms with Crippen LogP contribution in [0.25, 0.3) is 0 Å². The van der Waals surface area contributed by atoms with E-state index in [1.165, 1.54) is 0 Å². The van der Waals surface area contributed by atoms with Crippen molar-refractivity contribution in [3.05, 3.63) is 35.4 Å². The van der Waals surface area contributed by atoms with Gasteiger partial charge in [-0.15, -0.1) is 0 Å². The fourth-order valence-electron chi connectivity index (χ4n) is 1.00. The summed E-state index contributed by atoms with van der Waals surface area (Å²) in [7, 11) is 0. The molecule has 16 heavy (non-hydrogen) atoms. The van der Waals surface area contributed by atoms with Crippen LogP contribution in [0.2, 0.25) is 0 Å². The first-order chi connectivity index (χ1) is 7.26. The highest BCUT2D eigenvalue weighted by atomic mass is 79.9. The van der Waals surface area contributed by atoms with Crippen LogP contribution in [0.4, 0.5) is 26.3 Å². The zero-order chi connectivity index (χ0) is 12.5. The molecule has 0 nitrogen and oxygen atoms in total. The van der Waals surface area contributed by atoms with Crippen LogP contribution in [-0.2, 0) is 0 Å². The molecule has 1 aromatic carbocycles. The summed E-state index contributed by atoms with van der Waals surface area (Å²) in [4.78, 5) is -2.07. The van der Waals surface area contributed by atoms with Crippen LogP contribution in [0.15, 0.2) is 18.2 Å². The minimum atomic E-state index is -4.36. The van der Waals surface area contributed by atoms with Gasteiger partial charge in [0.15, 0.2) is 11.6 Å². The van der Waals surface area contributed by atoms with E-state index in [1.807, 2.05) is 0 Å². The van der Waals surface area contributed by atoms with Gasteiger partial charge < -0.3 is 0 Å². The normalized spacial score (nSPS) is 14.2. The first-order valence-electron chi connectivity index (χ1n) is 4.01. The van der Waals surface area contributed by atoms with Gasteiger partial charge in [-0.05, 0) is 17.7 Å². The first-order valence-corrected chi connectivity index (χ1v) is 4.93. The van der Waals surface area contributed by atoms with E-state index in [0.29, 0.717) is 12.1 Å². The lowest BCUT2D eigenvalue weighted by molar-refractivity contribution is -0.127. The second-order valence-corrected chi connectivity index (χ2v) is 3.93. The van der Waals surface area contributed by atoms with E-state index in [0.717, 1.165) is 6.07 Å². The van der Waals surface area contributed by atoms with E-state index < -0.39 is 34.4 Å². The zero-order valence-electron chi connectivity index (χ0n) is 7.53. The maximum atomic E-state index is 12.8. The van der Waals surface area contributed by atoms with E-state index in [9.17, 15) is 26.3 Å². The Bertz CT molecular complexity index is 378. The summed E-state index contributed by atoms with van der Waals surface area (Å²) in [6.45, 7) is 0. The Balaban J connectivity index is 3.05. The molecule has 7 heteroatoms. The standard InChI is InChI=1S/C9H5BrF6/c10-7(9(15,16)8(13)14)4-1-2-5(11)6(12)3-4/h1-3,7-8H. The van der Waals surface area contributed by atoms with Gasteiger partial charge in [-0.2, -0.15) is 8.78 Å². The van der Waals surface area contributed by atoms with Gasteiger partial charge in [0, 0.05) is 0 Å². The van der Waals surface area contributed by atoms with E-state index in [-0.39, 0.29) is 0 Å². The number of benzene rings is 1. The Kier molecular flexibility index (Phi) is 3.88. The summed E-state index contributed by atoms with van der Waals surface area (Å²) in [6.07, 6.45) is -3.90. The van der Waals surface area contributed by atoms with Crippen molar-refractivity contribution in [2.75, 3.05) is 0 Å². The van der Waals surface area contributed by atoms with E-state index >= 15 is 0 Å². The Hall–Kier alpha value is -0.720. The first kappa shape index (κ1) is 13.3. The molecule has 0 N–H and O–H groups in total. The molecule has 0 aliphatic rings. The largest absolute Gasteiger partial charge is 0.323 e. The molecule has 0 radical (unpaired) electrons. The topological polar surface area (TPSA) is 0 Å². The van der Waals surface area contributed by atoms with Crippen molar-refractivity contribution in [2.24, 2.45) is 0 Å². The highest BCUT2D eigenvalue weighted by molar-refractivity contribution is 9.09. The average molecular weight is 307 g/mol. The minimum Gasteiger partial charge on any atom is -0.204 e. The number of rotatable bonds is 3. The Morgan fingerprint density at radius 2 is 1.62 bits per heavy atom. The third-order valence-electron chi connectivity index (χ3n) is 1.87. The second kappa shape index (κ2) is 4.65. The third-order valence-corrected chi connectivity index (χ3v) is 3.00. The van der Waals surface area contributed by atoms with E-state index in [4.69, 9.17) is 0 Å². The van der Waals surface area contributed by atoms with Crippen molar-refractivity contribution in [1.82, 2.24) is 0 Å². The molecule has 0 saturated heterocycles. The van der Waals surface area contributed by atoms with Crippen molar-refractivity contribution in [3.63, 3.8) is 0 Å². The maximum Gasteiger partial charge on any atom is 0.323 e. The molecule has 0 amide bonds. The van der Waals surface area contributed by atoms with E-state index in [1.54, 1.807) is 0 Å². The van der Waals surface area contributed by atoms with Gasteiger partial charge in [0.2, 0.25) is 0 Å². The highest BCUT2D eigenvalue weighted by Crippen LogP contribution is 2.42. The molecule has 0 spiro atoms. The van der Waals surface area contributed by atoms with Crippen LogP contribution in [0, 0.1) is 11.6 Å². The van der Waals surface area contributed by atoms with Gasteiger partial charge in [-0.25, -0.2) is 17.6 Å². The molecular formula is C9H5BrF6. The lowest BCUT2D eigenvalue weighted by Crippen LogP contribution is -2.31. The monoisotopic (exact) mass is 306 g/mol. The van der Waals surface area contributed by atoms with Gasteiger partial charge in [0.25, 0.3) is 0 Å². The molecule has 0 aliphatic heterocycles. The third kappa shape index (κ3) is 2.50. The summed E-state index contributed by atoms with van der Waals surface area (Å²) in [5.74, 6) is -6.96. The fraction of sp³-hybridized carbons (Fsp3) is 0.333. The lowest BCUT2D eigenvalue weighted by atomic mass is 10.1. The molecule has 0 fully saturated rings. The number of alkyl halides is 5. The fourth-order valence-corrected chi connectivity index (χ4v) is 1.49. The summed E-state index contributed by atoms with van der Waals surface area (Å²) in [5.41, 5.74) is -0.454. The molecule has 0 bridgehead atoms. The molecule has 1 atom stereocenters. The molecule has 0 saturated carbocycles. The lowest BCUT2D eigenvalue weighted by Gasteiger charge is -2.21. The van der Waals surface area contributed by atoms with Crippen LogP contribution < -0.4 is 0 Å². The quantitative estimate of drug-likeness (QED) is 0.577. The summed E-state index contributed by atoms with van der Waals surface area (Å²) in [6, 6.07) is 1.86. The Morgan fingerprint density at radius 1 is 1.06 bits per heavy atom. The van der Waals surface area contributed by atoms with Crippen molar-refractivity contribution in [2.45, 2.75) is 17.2 Å². The van der Waals surface area contributed by atoms with Gasteiger partial charge in [-0.1, -0.05) is 22.0 Å². The van der Waals surface area contributed by atoms with Crippen molar-refractivity contribution < 1.29 is 26.3 Å². The van der Waals surface area contributed by atoms with Crippen molar-refractivity contribution in [3.8, 4) is 0 Å². The van der Waals surface area contributed by atoms with Crippen molar-refractivity contribution >= 4 is 15.9 Å². The predicted molar refractivity (Wildman–Crippen MR) is 49.0 cm³/mol. The number of halogens is 7. The minimum absolute atomic E-state index is 0.449. The van der Waals surface area contributed by atoms with Gasteiger partial charge in [0.05, 0.1) is 0 Å². The SMILES string of the molecule is Fc1ccc(C(Br)C(F)(F)C(F)F)cc1F. The molecule has 0 aliphatic carbocycles. The molecule has 90 valence electrons. The Labute approximate surface area is 95.4 Å². The highest BCUT2D eigenvalue weighted by Gasteiger charge is 2.48. The van der Waals surface area contributed by atoms with Gasteiger partial charge in [0.1, 0.15) is 4.83 Å². The number of hydrogen-bond acceptors (Lipinski definition) is 0. The van der Waals surface area contributed by atoms with Crippen LogP contribution in [0.3, 0.4) is 0 Å². The summed E-state index contributed by atoms with van der Waals surface area (Å²) >= 11 is 2.35. The van der Waals surface area contributed by atoms with E-state index in [2.05, 4.69) is 15.9 Å². The average Bonchev–Trinajstić information content (AvgIpc) is 2.20. The van der Waals surface area contributed by atoms with Gasteiger partial charge in [-0.3, -0.25) is 0 Å². The smallest absolute Gasteiger partial charge is 0.204 e. The maximum absolute atomic E-state index is 12.8. The summed E-state index contributed by atoms with van der Waals surface area (Å²) in [5, 5.41) is 0. The molecule has 1 unspecified atom stereocenters. The van der Waals surface area contributed by atoms with Crippen LogP contribution >= 0.6 is 15.9 Å². The molecular weight excluding hydrogens is 302 g/mol. The molecule has 0 heterocycles. The molecule has 0 aromatic heterocycles. The predicted octanol–water partition coefficient (Wildman–Crippen LogP) is 4.30. The zero-order valence-corrected chi connectivity index (χ0v) is 9.12. The van der Waals surface area contributed by atoms with Crippen molar-refractivity contribution in [1.29, 1.82) is 0 Å². The Morgan fingerprint density at radius 3 is 2.06 bits per heavy atom. The van der Waals surface area contributed by atoms with Crippen LogP contribution in [0.5, 0.6) is 0 Å². The summed E-state index contributed by atoms with van der Waals surface area (Å²) < 4.78 is 74.8. The molecule has 1 aromatic rings. The number of hydrogen-bond donors (Lipinski definition) is 0. The molecule has 1 rings (SSSR count). The second-order valence-electron chi connectivity index (χ2n) is 3.01.